The summed E-state index contributed by atoms with van der Waals surface area (Å²) in [4.78, 5) is 14.1. The maximum atomic E-state index is 12.2. The summed E-state index contributed by atoms with van der Waals surface area (Å²) in [5, 5.41) is 3.79. The van der Waals surface area contributed by atoms with Gasteiger partial charge >= 0.3 is 0 Å². The second kappa shape index (κ2) is 4.28. The van der Waals surface area contributed by atoms with Gasteiger partial charge in [-0.05, 0) is 25.7 Å². The molecule has 4 heteroatoms. The fraction of sp³-hybridized carbons (Fsp3) is 0.667. The number of rotatable bonds is 2. The second-order valence-corrected chi connectivity index (χ2v) is 4.77. The first kappa shape index (κ1) is 11.2. The van der Waals surface area contributed by atoms with Crippen LogP contribution in [0.2, 0.25) is 0 Å². The van der Waals surface area contributed by atoms with Gasteiger partial charge in [-0.25, -0.2) is 0 Å². The van der Waals surface area contributed by atoms with E-state index in [1.54, 1.807) is 13.0 Å². The maximum Gasteiger partial charge on any atom is 0.276 e. The molecule has 0 unspecified atom stereocenters. The Balaban J connectivity index is 2.15. The van der Waals surface area contributed by atoms with Gasteiger partial charge in [-0.2, -0.15) is 0 Å². The van der Waals surface area contributed by atoms with Crippen molar-refractivity contribution in [2.45, 2.75) is 39.7 Å². The highest BCUT2D eigenvalue weighted by Gasteiger charge is 2.32. The van der Waals surface area contributed by atoms with Gasteiger partial charge in [0.15, 0.2) is 5.69 Å². The molecule has 0 saturated carbocycles. The van der Waals surface area contributed by atoms with Crippen molar-refractivity contribution in [1.29, 1.82) is 0 Å². The molecular weight excluding hydrogens is 204 g/mol. The predicted octanol–water partition coefficient (Wildman–Crippen LogP) is 2.24. The maximum absolute atomic E-state index is 12.2. The highest BCUT2D eigenvalue weighted by molar-refractivity contribution is 5.92. The minimum Gasteiger partial charge on any atom is -0.361 e. The van der Waals surface area contributed by atoms with Crippen LogP contribution in [0.15, 0.2) is 10.6 Å². The van der Waals surface area contributed by atoms with Crippen molar-refractivity contribution in [3.05, 3.63) is 17.5 Å². The minimum absolute atomic E-state index is 0.00745. The Morgan fingerprint density at radius 3 is 2.94 bits per heavy atom. The number of carbonyl (C=O) groups is 1. The van der Waals surface area contributed by atoms with Gasteiger partial charge in [-0.3, -0.25) is 4.79 Å². The number of aromatic nitrogens is 1. The lowest BCUT2D eigenvalue weighted by Crippen LogP contribution is -2.38. The van der Waals surface area contributed by atoms with Crippen LogP contribution in [0.3, 0.4) is 0 Å². The van der Waals surface area contributed by atoms with E-state index in [9.17, 15) is 4.79 Å². The van der Waals surface area contributed by atoms with E-state index < -0.39 is 0 Å². The highest BCUT2D eigenvalue weighted by atomic mass is 16.5. The smallest absolute Gasteiger partial charge is 0.276 e. The van der Waals surface area contributed by atoms with Gasteiger partial charge in [0.25, 0.3) is 5.91 Å². The molecule has 0 aromatic carbocycles. The first-order valence-corrected chi connectivity index (χ1v) is 5.84. The van der Waals surface area contributed by atoms with Crippen LogP contribution < -0.4 is 0 Å². The number of hydrogen-bond acceptors (Lipinski definition) is 3. The number of nitrogens with zero attached hydrogens (tertiary/aromatic N) is 2. The van der Waals surface area contributed by atoms with E-state index in [1.165, 1.54) is 0 Å². The lowest BCUT2D eigenvalue weighted by atomic mass is 10.0. The van der Waals surface area contributed by atoms with Gasteiger partial charge < -0.3 is 9.42 Å². The van der Waals surface area contributed by atoms with Gasteiger partial charge in [0.1, 0.15) is 5.76 Å². The number of hydrogen-bond donors (Lipinski definition) is 0. The Morgan fingerprint density at radius 2 is 2.38 bits per heavy atom. The highest BCUT2D eigenvalue weighted by Crippen LogP contribution is 2.25. The van der Waals surface area contributed by atoms with E-state index in [-0.39, 0.29) is 5.91 Å². The molecule has 1 fully saturated rings. The molecular formula is C12H18N2O2. The van der Waals surface area contributed by atoms with Crippen LogP contribution in [0, 0.1) is 12.8 Å². The molecule has 1 aliphatic heterocycles. The molecule has 0 bridgehead atoms. The van der Waals surface area contributed by atoms with Crippen LogP contribution >= 0.6 is 0 Å². The molecule has 2 rings (SSSR count). The molecule has 4 nitrogen and oxygen atoms in total. The topological polar surface area (TPSA) is 46.3 Å². The summed E-state index contributed by atoms with van der Waals surface area (Å²) in [7, 11) is 0. The predicted molar refractivity (Wildman–Crippen MR) is 60.1 cm³/mol. The van der Waals surface area contributed by atoms with Crippen LogP contribution in [-0.2, 0) is 0 Å². The zero-order chi connectivity index (χ0) is 11.7. The van der Waals surface area contributed by atoms with Crippen molar-refractivity contribution in [3.63, 3.8) is 0 Å². The average Bonchev–Trinajstić information content (AvgIpc) is 2.84. The molecule has 2 heterocycles. The zero-order valence-electron chi connectivity index (χ0n) is 10.1. The van der Waals surface area contributed by atoms with Crippen molar-refractivity contribution in [2.75, 3.05) is 6.54 Å². The molecule has 1 aromatic heterocycles. The van der Waals surface area contributed by atoms with Crippen LogP contribution in [0.5, 0.6) is 0 Å². The van der Waals surface area contributed by atoms with Gasteiger partial charge in [0, 0.05) is 18.7 Å². The molecule has 1 saturated heterocycles. The number of likely N-dealkylation sites (tertiary alicyclic amines) is 1. The van der Waals surface area contributed by atoms with Crippen LogP contribution in [0.4, 0.5) is 0 Å². The third-order valence-corrected chi connectivity index (χ3v) is 3.18. The molecule has 0 N–H and O–H groups in total. The largest absolute Gasteiger partial charge is 0.361 e. The Kier molecular flexibility index (Phi) is 2.99. The third kappa shape index (κ3) is 1.96. The molecule has 16 heavy (non-hydrogen) atoms. The van der Waals surface area contributed by atoms with Crippen LogP contribution in [0.1, 0.15) is 42.9 Å². The number of aryl methyl sites for hydroxylation is 1. The monoisotopic (exact) mass is 222 g/mol. The molecule has 1 amide bonds. The lowest BCUT2D eigenvalue weighted by Gasteiger charge is -2.26. The SMILES string of the molecule is Cc1cc(C(=O)N2CCC[C@@H]2C(C)C)no1. The lowest BCUT2D eigenvalue weighted by molar-refractivity contribution is 0.0691. The van der Waals surface area contributed by atoms with E-state index in [4.69, 9.17) is 4.52 Å². The second-order valence-electron chi connectivity index (χ2n) is 4.77. The quantitative estimate of drug-likeness (QED) is 0.771. The minimum atomic E-state index is 0.00745. The summed E-state index contributed by atoms with van der Waals surface area (Å²) < 4.78 is 4.94. The fourth-order valence-corrected chi connectivity index (χ4v) is 2.35. The standard InChI is InChI=1S/C12H18N2O2/c1-8(2)11-5-4-6-14(11)12(15)10-7-9(3)16-13-10/h7-8,11H,4-6H2,1-3H3/t11-/m1/s1. The molecule has 0 aliphatic carbocycles. The average molecular weight is 222 g/mol. The van der Waals surface area contributed by atoms with Gasteiger partial charge in [-0.1, -0.05) is 19.0 Å². The Hall–Kier alpha value is -1.32. The van der Waals surface area contributed by atoms with E-state index >= 15 is 0 Å². The molecule has 1 atom stereocenters. The van der Waals surface area contributed by atoms with Crippen LogP contribution in [-0.4, -0.2) is 28.6 Å². The first-order chi connectivity index (χ1) is 7.59. The third-order valence-electron chi connectivity index (χ3n) is 3.18. The van der Waals surface area contributed by atoms with E-state index in [0.29, 0.717) is 23.4 Å². The van der Waals surface area contributed by atoms with Crippen molar-refractivity contribution in [3.8, 4) is 0 Å². The summed E-state index contributed by atoms with van der Waals surface area (Å²) >= 11 is 0. The zero-order valence-corrected chi connectivity index (χ0v) is 10.1. The molecule has 1 aromatic rings. The number of amides is 1. The van der Waals surface area contributed by atoms with E-state index in [1.807, 2.05) is 4.90 Å². The van der Waals surface area contributed by atoms with Crippen LogP contribution in [0.25, 0.3) is 0 Å². The van der Waals surface area contributed by atoms with Crippen molar-refractivity contribution >= 4 is 5.91 Å². The summed E-state index contributed by atoms with van der Waals surface area (Å²) in [5.74, 6) is 1.19. The summed E-state index contributed by atoms with van der Waals surface area (Å²) in [6, 6.07) is 2.06. The first-order valence-electron chi connectivity index (χ1n) is 5.84. The normalized spacial score (nSPS) is 20.8. The molecule has 1 aliphatic rings. The Morgan fingerprint density at radius 1 is 1.62 bits per heavy atom. The van der Waals surface area contributed by atoms with Crippen molar-refractivity contribution < 1.29 is 9.32 Å². The van der Waals surface area contributed by atoms with E-state index in [0.717, 1.165) is 19.4 Å². The molecule has 0 radical (unpaired) electrons. The Labute approximate surface area is 95.6 Å². The Bertz CT molecular complexity index is 384. The summed E-state index contributed by atoms with van der Waals surface area (Å²) in [6.45, 7) is 6.95. The van der Waals surface area contributed by atoms with Crippen molar-refractivity contribution in [2.24, 2.45) is 5.92 Å². The van der Waals surface area contributed by atoms with Gasteiger partial charge in [-0.15, -0.1) is 0 Å². The fourth-order valence-electron chi connectivity index (χ4n) is 2.35. The summed E-state index contributed by atoms with van der Waals surface area (Å²) in [5.41, 5.74) is 0.435. The molecule has 0 spiro atoms. The van der Waals surface area contributed by atoms with E-state index in [2.05, 4.69) is 19.0 Å². The number of carbonyl (C=O) groups excluding carboxylic acids is 1. The van der Waals surface area contributed by atoms with Gasteiger partial charge in [0.2, 0.25) is 0 Å². The van der Waals surface area contributed by atoms with Gasteiger partial charge in [0.05, 0.1) is 0 Å². The summed E-state index contributed by atoms with van der Waals surface area (Å²) in [6.07, 6.45) is 2.19. The molecule has 88 valence electrons. The van der Waals surface area contributed by atoms with Crippen molar-refractivity contribution in [1.82, 2.24) is 10.1 Å².